The third kappa shape index (κ3) is 3.00. The largest absolute Gasteiger partial charge is 0.315 e. The number of thiazole rings is 1. The first kappa shape index (κ1) is 15.0. The molecular formula is C13H16N2O3S2. The van der Waals surface area contributed by atoms with Crippen LogP contribution < -0.4 is 9.60 Å². The molecule has 0 radical (unpaired) electrons. The van der Waals surface area contributed by atoms with Crippen molar-refractivity contribution in [1.82, 2.24) is 9.71 Å². The van der Waals surface area contributed by atoms with E-state index in [-0.39, 0.29) is 15.1 Å². The summed E-state index contributed by atoms with van der Waals surface area (Å²) in [6.07, 6.45) is 0. The summed E-state index contributed by atoms with van der Waals surface area (Å²) in [5.74, 6) is 0. The Bertz CT molecular complexity index is 775. The lowest BCUT2D eigenvalue weighted by molar-refractivity contribution is 0.568. The molecule has 20 heavy (non-hydrogen) atoms. The lowest BCUT2D eigenvalue weighted by atomic mass is 10.0. The summed E-state index contributed by atoms with van der Waals surface area (Å²) in [5, 5.41) is 0. The highest BCUT2D eigenvalue weighted by molar-refractivity contribution is 7.91. The quantitative estimate of drug-likeness (QED) is 0.907. The van der Waals surface area contributed by atoms with Gasteiger partial charge in [-0.1, -0.05) is 35.6 Å². The Kier molecular flexibility index (Phi) is 4.12. The van der Waals surface area contributed by atoms with Crippen LogP contribution in [0.15, 0.2) is 33.3 Å². The number of benzene rings is 1. The summed E-state index contributed by atoms with van der Waals surface area (Å²) in [4.78, 5) is 13.4. The zero-order chi connectivity index (χ0) is 14.9. The van der Waals surface area contributed by atoms with Gasteiger partial charge in [0.1, 0.15) is 0 Å². The second-order valence-corrected chi connectivity index (χ2v) is 7.52. The molecule has 5 nitrogen and oxygen atoms in total. The van der Waals surface area contributed by atoms with Gasteiger partial charge in [-0.2, -0.15) is 0 Å². The van der Waals surface area contributed by atoms with Gasteiger partial charge in [0.25, 0.3) is 10.0 Å². The van der Waals surface area contributed by atoms with Gasteiger partial charge in [0, 0.05) is 11.7 Å². The Labute approximate surface area is 121 Å². The van der Waals surface area contributed by atoms with E-state index in [0.717, 1.165) is 11.1 Å². The van der Waals surface area contributed by atoms with E-state index in [1.54, 1.807) is 13.8 Å². The summed E-state index contributed by atoms with van der Waals surface area (Å²) in [5.41, 5.74) is 2.29. The number of aromatic nitrogens is 1. The van der Waals surface area contributed by atoms with Gasteiger partial charge in [-0.3, -0.25) is 4.79 Å². The molecule has 0 saturated carbocycles. The Balaban J connectivity index is 2.32. The Morgan fingerprint density at radius 2 is 1.90 bits per heavy atom. The number of H-pyrrole nitrogens is 1. The molecule has 0 amide bonds. The number of aromatic amines is 1. The summed E-state index contributed by atoms with van der Waals surface area (Å²) < 4.78 is 27.3. The van der Waals surface area contributed by atoms with Crippen molar-refractivity contribution in [2.45, 2.75) is 31.0 Å². The van der Waals surface area contributed by atoms with E-state index in [4.69, 9.17) is 0 Å². The second kappa shape index (κ2) is 5.51. The van der Waals surface area contributed by atoms with Crippen LogP contribution in [0, 0.1) is 13.8 Å². The van der Waals surface area contributed by atoms with Gasteiger partial charge in [0.15, 0.2) is 4.21 Å². The average molecular weight is 312 g/mol. The van der Waals surface area contributed by atoms with E-state index >= 15 is 0 Å². The van der Waals surface area contributed by atoms with E-state index in [9.17, 15) is 13.2 Å². The second-order valence-electron chi connectivity index (χ2n) is 4.63. The molecule has 7 heteroatoms. The third-order valence-electron chi connectivity index (χ3n) is 3.01. The smallest absolute Gasteiger partial charge is 0.305 e. The number of sulfonamides is 1. The average Bonchev–Trinajstić information content (AvgIpc) is 2.69. The van der Waals surface area contributed by atoms with Crippen molar-refractivity contribution >= 4 is 21.4 Å². The van der Waals surface area contributed by atoms with Crippen LogP contribution in [0.1, 0.15) is 29.8 Å². The molecule has 0 bridgehead atoms. The van der Waals surface area contributed by atoms with Crippen molar-refractivity contribution in [1.29, 1.82) is 0 Å². The van der Waals surface area contributed by atoms with E-state index in [1.807, 2.05) is 31.2 Å². The van der Waals surface area contributed by atoms with Gasteiger partial charge >= 0.3 is 4.87 Å². The third-order valence-corrected chi connectivity index (χ3v) is 6.16. The van der Waals surface area contributed by atoms with Crippen LogP contribution in [0.25, 0.3) is 0 Å². The van der Waals surface area contributed by atoms with Crippen molar-refractivity contribution < 1.29 is 8.42 Å². The van der Waals surface area contributed by atoms with Gasteiger partial charge in [0.05, 0.1) is 0 Å². The van der Waals surface area contributed by atoms with Crippen molar-refractivity contribution in [2.75, 3.05) is 0 Å². The summed E-state index contributed by atoms with van der Waals surface area (Å²) >= 11 is 0.701. The molecule has 108 valence electrons. The van der Waals surface area contributed by atoms with Crippen LogP contribution in [0.3, 0.4) is 0 Å². The predicted octanol–water partition coefficient (Wildman–Crippen LogP) is 2.09. The number of aryl methyl sites for hydroxylation is 2. The summed E-state index contributed by atoms with van der Waals surface area (Å²) in [6.45, 7) is 5.29. The molecule has 2 N–H and O–H groups in total. The van der Waals surface area contributed by atoms with Gasteiger partial charge < -0.3 is 4.98 Å². The van der Waals surface area contributed by atoms with Crippen LogP contribution in [0.5, 0.6) is 0 Å². The highest BCUT2D eigenvalue weighted by Gasteiger charge is 2.23. The van der Waals surface area contributed by atoms with Crippen molar-refractivity contribution in [3.63, 3.8) is 0 Å². The standard InChI is InChI=1S/C13H16N2O3S2/c1-8-6-4-5-7-11(8)9(2)15-20(17,18)12-10(3)14-13(16)19-12/h4-7,9,15H,1-3H3,(H,14,16). The molecule has 2 rings (SSSR count). The summed E-state index contributed by atoms with van der Waals surface area (Å²) in [7, 11) is -3.70. The fraction of sp³-hybridized carbons (Fsp3) is 0.308. The molecule has 0 aliphatic carbocycles. The fourth-order valence-corrected chi connectivity index (χ4v) is 4.61. The molecule has 1 aromatic heterocycles. The zero-order valence-corrected chi connectivity index (χ0v) is 13.1. The highest BCUT2D eigenvalue weighted by atomic mass is 32.2. The number of rotatable bonds is 4. The van der Waals surface area contributed by atoms with Crippen LogP contribution in [0.2, 0.25) is 0 Å². The van der Waals surface area contributed by atoms with Crippen LogP contribution in [0.4, 0.5) is 0 Å². The minimum absolute atomic E-state index is 0.0444. The molecule has 0 spiro atoms. The van der Waals surface area contributed by atoms with Crippen molar-refractivity contribution in [3.8, 4) is 0 Å². The predicted molar refractivity (Wildman–Crippen MR) is 79.6 cm³/mol. The van der Waals surface area contributed by atoms with E-state index in [1.165, 1.54) is 0 Å². The lowest BCUT2D eigenvalue weighted by Gasteiger charge is -2.16. The monoisotopic (exact) mass is 312 g/mol. The molecule has 0 aliphatic heterocycles. The van der Waals surface area contributed by atoms with E-state index < -0.39 is 10.0 Å². The lowest BCUT2D eigenvalue weighted by Crippen LogP contribution is -2.27. The Morgan fingerprint density at radius 1 is 1.25 bits per heavy atom. The maximum atomic E-state index is 12.3. The van der Waals surface area contributed by atoms with Crippen LogP contribution >= 0.6 is 11.3 Å². The first-order valence-corrected chi connectivity index (χ1v) is 8.39. The molecule has 0 saturated heterocycles. The van der Waals surface area contributed by atoms with Crippen LogP contribution in [-0.2, 0) is 10.0 Å². The van der Waals surface area contributed by atoms with Crippen LogP contribution in [-0.4, -0.2) is 13.4 Å². The zero-order valence-electron chi connectivity index (χ0n) is 11.4. The maximum Gasteiger partial charge on any atom is 0.305 e. The molecule has 0 aliphatic rings. The number of hydrogen-bond acceptors (Lipinski definition) is 4. The number of nitrogens with one attached hydrogen (secondary N) is 2. The Morgan fingerprint density at radius 3 is 2.45 bits per heavy atom. The van der Waals surface area contributed by atoms with Crippen molar-refractivity contribution in [3.05, 3.63) is 50.8 Å². The topological polar surface area (TPSA) is 79.0 Å². The molecule has 0 fully saturated rings. The minimum Gasteiger partial charge on any atom is -0.315 e. The molecule has 1 unspecified atom stereocenters. The Hall–Kier alpha value is -1.44. The first-order chi connectivity index (χ1) is 9.31. The highest BCUT2D eigenvalue weighted by Crippen LogP contribution is 2.22. The molecule has 1 heterocycles. The minimum atomic E-state index is -3.70. The molecule has 1 aromatic carbocycles. The molecule has 2 aromatic rings. The fourth-order valence-electron chi connectivity index (χ4n) is 2.07. The normalized spacial score (nSPS) is 13.3. The maximum absolute atomic E-state index is 12.3. The van der Waals surface area contributed by atoms with Gasteiger partial charge in [-0.25, -0.2) is 13.1 Å². The van der Waals surface area contributed by atoms with Gasteiger partial charge in [-0.15, -0.1) is 0 Å². The van der Waals surface area contributed by atoms with Crippen molar-refractivity contribution in [2.24, 2.45) is 0 Å². The van der Waals surface area contributed by atoms with E-state index in [0.29, 0.717) is 17.0 Å². The van der Waals surface area contributed by atoms with E-state index in [2.05, 4.69) is 9.71 Å². The first-order valence-electron chi connectivity index (χ1n) is 6.09. The molecule has 1 atom stereocenters. The van der Waals surface area contributed by atoms with Gasteiger partial charge in [0.2, 0.25) is 0 Å². The van der Waals surface area contributed by atoms with Gasteiger partial charge in [-0.05, 0) is 31.9 Å². The molecular weight excluding hydrogens is 296 g/mol. The SMILES string of the molecule is Cc1ccccc1C(C)NS(=O)(=O)c1sc(=O)[nH]c1C. The summed E-state index contributed by atoms with van der Waals surface area (Å²) in [6, 6.07) is 7.22. The number of hydrogen-bond donors (Lipinski definition) is 2.